The van der Waals surface area contributed by atoms with E-state index in [0.717, 1.165) is 24.3 Å². The zero-order chi connectivity index (χ0) is 12.1. The third-order valence-electron chi connectivity index (χ3n) is 2.61. The van der Waals surface area contributed by atoms with E-state index in [4.69, 9.17) is 9.15 Å². The van der Waals surface area contributed by atoms with Gasteiger partial charge >= 0.3 is 0 Å². The van der Waals surface area contributed by atoms with Gasteiger partial charge in [-0.3, -0.25) is 0 Å². The molecule has 0 spiro atoms. The molecule has 0 aliphatic carbocycles. The SMILES string of the molecule is CCCNC(c1ccoc1)c1sccc1OC. The molecule has 92 valence electrons. The molecule has 0 aliphatic rings. The second-order valence-corrected chi connectivity index (χ2v) is 4.74. The highest BCUT2D eigenvalue weighted by atomic mass is 32.1. The fourth-order valence-corrected chi connectivity index (χ4v) is 2.74. The van der Waals surface area contributed by atoms with Crippen LogP contribution in [0.3, 0.4) is 0 Å². The van der Waals surface area contributed by atoms with Crippen LogP contribution in [-0.2, 0) is 0 Å². The molecule has 2 heterocycles. The molecular formula is C13H17NO2S. The monoisotopic (exact) mass is 251 g/mol. The number of nitrogens with one attached hydrogen (secondary N) is 1. The molecule has 0 bridgehead atoms. The smallest absolute Gasteiger partial charge is 0.134 e. The van der Waals surface area contributed by atoms with Gasteiger partial charge in [0, 0.05) is 5.56 Å². The summed E-state index contributed by atoms with van der Waals surface area (Å²) in [5.41, 5.74) is 1.14. The highest BCUT2D eigenvalue weighted by molar-refractivity contribution is 7.10. The molecule has 2 rings (SSSR count). The summed E-state index contributed by atoms with van der Waals surface area (Å²) in [6.07, 6.45) is 4.59. The lowest BCUT2D eigenvalue weighted by atomic mass is 10.1. The predicted octanol–water partition coefficient (Wildman–Crippen LogP) is 3.44. The Morgan fingerprint density at radius 2 is 2.35 bits per heavy atom. The molecular weight excluding hydrogens is 234 g/mol. The maximum absolute atomic E-state index is 5.38. The molecule has 2 aromatic heterocycles. The van der Waals surface area contributed by atoms with Crippen molar-refractivity contribution in [1.82, 2.24) is 5.32 Å². The third kappa shape index (κ3) is 2.70. The van der Waals surface area contributed by atoms with E-state index in [2.05, 4.69) is 17.6 Å². The summed E-state index contributed by atoms with van der Waals surface area (Å²) in [5, 5.41) is 5.57. The van der Waals surface area contributed by atoms with Gasteiger partial charge < -0.3 is 14.5 Å². The first-order valence-electron chi connectivity index (χ1n) is 5.73. The van der Waals surface area contributed by atoms with Crippen LogP contribution in [0.5, 0.6) is 5.75 Å². The molecule has 0 saturated heterocycles. The average molecular weight is 251 g/mol. The average Bonchev–Trinajstić information content (AvgIpc) is 3.00. The van der Waals surface area contributed by atoms with E-state index in [1.165, 1.54) is 4.88 Å². The summed E-state index contributed by atoms with van der Waals surface area (Å²) in [6.45, 7) is 3.13. The largest absolute Gasteiger partial charge is 0.496 e. The van der Waals surface area contributed by atoms with Crippen LogP contribution in [0.2, 0.25) is 0 Å². The Labute approximate surface area is 105 Å². The topological polar surface area (TPSA) is 34.4 Å². The molecule has 1 unspecified atom stereocenters. The molecule has 0 aromatic carbocycles. The second-order valence-electron chi connectivity index (χ2n) is 3.80. The van der Waals surface area contributed by atoms with E-state index in [1.54, 1.807) is 31.0 Å². The fourth-order valence-electron chi connectivity index (χ4n) is 1.78. The number of rotatable bonds is 6. The Morgan fingerprint density at radius 1 is 1.47 bits per heavy atom. The number of methoxy groups -OCH3 is 1. The molecule has 0 amide bonds. The van der Waals surface area contributed by atoms with Gasteiger partial charge in [0.05, 0.1) is 30.6 Å². The molecule has 0 radical (unpaired) electrons. The minimum atomic E-state index is 0.156. The number of furan rings is 1. The number of thiophene rings is 1. The van der Waals surface area contributed by atoms with Crippen molar-refractivity contribution in [3.05, 3.63) is 40.5 Å². The lowest BCUT2D eigenvalue weighted by molar-refractivity contribution is 0.407. The van der Waals surface area contributed by atoms with Crippen LogP contribution < -0.4 is 10.1 Å². The van der Waals surface area contributed by atoms with Gasteiger partial charge in [0.2, 0.25) is 0 Å². The van der Waals surface area contributed by atoms with Crippen LogP contribution in [-0.4, -0.2) is 13.7 Å². The maximum Gasteiger partial charge on any atom is 0.134 e. The molecule has 17 heavy (non-hydrogen) atoms. The Kier molecular flexibility index (Phi) is 4.23. The van der Waals surface area contributed by atoms with Gasteiger partial charge in [0.25, 0.3) is 0 Å². The summed E-state index contributed by atoms with van der Waals surface area (Å²) in [5.74, 6) is 0.935. The number of hydrogen-bond acceptors (Lipinski definition) is 4. The Hall–Kier alpha value is -1.26. The lowest BCUT2D eigenvalue weighted by Gasteiger charge is -2.17. The van der Waals surface area contributed by atoms with Crippen molar-refractivity contribution in [2.24, 2.45) is 0 Å². The van der Waals surface area contributed by atoms with Gasteiger partial charge in [-0.2, -0.15) is 0 Å². The quantitative estimate of drug-likeness (QED) is 0.854. The van der Waals surface area contributed by atoms with E-state index in [9.17, 15) is 0 Å². The zero-order valence-corrected chi connectivity index (χ0v) is 10.9. The molecule has 3 nitrogen and oxygen atoms in total. The van der Waals surface area contributed by atoms with Gasteiger partial charge in [0.1, 0.15) is 5.75 Å². The Balaban J connectivity index is 2.27. The standard InChI is InChI=1S/C13H17NO2S/c1-3-6-14-12(10-4-7-16-9-10)13-11(15-2)5-8-17-13/h4-5,7-9,12,14H,3,6H2,1-2H3. The lowest BCUT2D eigenvalue weighted by Crippen LogP contribution is -2.22. The third-order valence-corrected chi connectivity index (χ3v) is 3.58. The van der Waals surface area contributed by atoms with Crippen molar-refractivity contribution in [3.63, 3.8) is 0 Å². The number of hydrogen-bond donors (Lipinski definition) is 1. The molecule has 0 saturated carbocycles. The van der Waals surface area contributed by atoms with E-state index in [0.29, 0.717) is 0 Å². The molecule has 0 fully saturated rings. The van der Waals surface area contributed by atoms with Gasteiger partial charge in [-0.25, -0.2) is 0 Å². The summed E-state index contributed by atoms with van der Waals surface area (Å²) in [6, 6.07) is 4.15. The van der Waals surface area contributed by atoms with Crippen LogP contribution in [0.1, 0.15) is 29.8 Å². The highest BCUT2D eigenvalue weighted by Crippen LogP contribution is 2.34. The van der Waals surface area contributed by atoms with Crippen molar-refractivity contribution >= 4 is 11.3 Å². The van der Waals surface area contributed by atoms with Gasteiger partial charge in [-0.1, -0.05) is 6.92 Å². The van der Waals surface area contributed by atoms with E-state index < -0.39 is 0 Å². The van der Waals surface area contributed by atoms with Crippen molar-refractivity contribution in [2.75, 3.05) is 13.7 Å². The van der Waals surface area contributed by atoms with E-state index in [-0.39, 0.29) is 6.04 Å². The number of ether oxygens (including phenoxy) is 1. The summed E-state index contributed by atoms with van der Waals surface area (Å²) in [4.78, 5) is 1.20. The maximum atomic E-state index is 5.38. The molecule has 4 heteroatoms. The van der Waals surface area contributed by atoms with Gasteiger partial charge in [-0.05, 0) is 30.5 Å². The zero-order valence-electron chi connectivity index (χ0n) is 10.1. The second kappa shape index (κ2) is 5.89. The Bertz CT molecular complexity index is 436. The van der Waals surface area contributed by atoms with Crippen LogP contribution >= 0.6 is 11.3 Å². The van der Waals surface area contributed by atoms with Gasteiger partial charge in [0.15, 0.2) is 0 Å². The van der Waals surface area contributed by atoms with Crippen LogP contribution in [0.25, 0.3) is 0 Å². The normalized spacial score (nSPS) is 12.6. The molecule has 1 N–H and O–H groups in total. The van der Waals surface area contributed by atoms with Gasteiger partial charge in [-0.15, -0.1) is 11.3 Å². The first-order valence-corrected chi connectivity index (χ1v) is 6.61. The predicted molar refractivity (Wildman–Crippen MR) is 69.7 cm³/mol. The molecule has 2 aromatic rings. The minimum Gasteiger partial charge on any atom is -0.496 e. The van der Waals surface area contributed by atoms with Crippen LogP contribution in [0.15, 0.2) is 34.5 Å². The van der Waals surface area contributed by atoms with Crippen molar-refractivity contribution in [1.29, 1.82) is 0 Å². The van der Waals surface area contributed by atoms with Crippen molar-refractivity contribution < 1.29 is 9.15 Å². The van der Waals surface area contributed by atoms with Crippen molar-refractivity contribution in [3.8, 4) is 5.75 Å². The highest BCUT2D eigenvalue weighted by Gasteiger charge is 2.19. The first-order chi connectivity index (χ1) is 8.36. The van der Waals surface area contributed by atoms with Crippen LogP contribution in [0.4, 0.5) is 0 Å². The summed E-state index contributed by atoms with van der Waals surface area (Å²) < 4.78 is 10.6. The summed E-state index contributed by atoms with van der Waals surface area (Å²) >= 11 is 1.70. The molecule has 0 aliphatic heterocycles. The van der Waals surface area contributed by atoms with E-state index >= 15 is 0 Å². The van der Waals surface area contributed by atoms with Crippen LogP contribution in [0, 0.1) is 0 Å². The fraction of sp³-hybridized carbons (Fsp3) is 0.385. The minimum absolute atomic E-state index is 0.156. The van der Waals surface area contributed by atoms with Crippen molar-refractivity contribution in [2.45, 2.75) is 19.4 Å². The first kappa shape index (κ1) is 12.2. The Morgan fingerprint density at radius 3 is 3.00 bits per heavy atom. The summed E-state index contributed by atoms with van der Waals surface area (Å²) in [7, 11) is 1.71. The molecule has 1 atom stereocenters. The van der Waals surface area contributed by atoms with E-state index in [1.807, 2.05) is 12.1 Å².